The molecular formula is C20H25N3O4. The minimum Gasteiger partial charge on any atom is -0.455 e. The Morgan fingerprint density at radius 1 is 1.22 bits per heavy atom. The second-order valence-corrected chi connectivity index (χ2v) is 7.23. The van der Waals surface area contributed by atoms with Crippen molar-refractivity contribution in [2.75, 3.05) is 13.1 Å². The topological polar surface area (TPSA) is 85.5 Å². The average Bonchev–Trinajstić information content (AvgIpc) is 3.16. The average molecular weight is 371 g/mol. The Morgan fingerprint density at radius 3 is 2.44 bits per heavy atom. The summed E-state index contributed by atoms with van der Waals surface area (Å²) in [7, 11) is 0. The van der Waals surface area contributed by atoms with Crippen molar-refractivity contribution in [2.24, 2.45) is 0 Å². The lowest BCUT2D eigenvalue weighted by Crippen LogP contribution is -2.49. The Labute approximate surface area is 158 Å². The molecule has 2 heterocycles. The molecule has 0 atom stereocenters. The van der Waals surface area contributed by atoms with E-state index in [1.54, 1.807) is 11.8 Å². The second kappa shape index (κ2) is 7.90. The standard InChI is InChI=1S/C20H25N3O4/c1-14(2)18-21-17(27-22-18)13-26-19(25)20(16-7-5-4-6-8-16)9-11-23(12-10-20)15(3)24/h4-8,14H,9-13H2,1-3H3. The fourth-order valence-electron chi connectivity index (χ4n) is 3.40. The molecule has 27 heavy (non-hydrogen) atoms. The zero-order valence-corrected chi connectivity index (χ0v) is 16.0. The Hall–Kier alpha value is -2.70. The molecule has 1 aromatic heterocycles. The van der Waals surface area contributed by atoms with Crippen LogP contribution in [0.5, 0.6) is 0 Å². The van der Waals surface area contributed by atoms with Gasteiger partial charge in [-0.2, -0.15) is 4.98 Å². The molecule has 1 saturated heterocycles. The van der Waals surface area contributed by atoms with Crippen LogP contribution >= 0.6 is 0 Å². The molecule has 144 valence electrons. The molecule has 7 nitrogen and oxygen atoms in total. The summed E-state index contributed by atoms with van der Waals surface area (Å²) >= 11 is 0. The fourth-order valence-corrected chi connectivity index (χ4v) is 3.40. The third kappa shape index (κ3) is 4.02. The van der Waals surface area contributed by atoms with Gasteiger partial charge in [0.05, 0.1) is 5.41 Å². The molecule has 0 saturated carbocycles. The van der Waals surface area contributed by atoms with E-state index >= 15 is 0 Å². The van der Waals surface area contributed by atoms with Gasteiger partial charge in [0.25, 0.3) is 5.89 Å². The third-order valence-electron chi connectivity index (χ3n) is 5.11. The largest absolute Gasteiger partial charge is 0.455 e. The number of hydrogen-bond donors (Lipinski definition) is 0. The number of esters is 1. The van der Waals surface area contributed by atoms with Crippen LogP contribution in [-0.2, 0) is 26.3 Å². The molecule has 0 aliphatic carbocycles. The van der Waals surface area contributed by atoms with Gasteiger partial charge < -0.3 is 14.2 Å². The van der Waals surface area contributed by atoms with Crippen LogP contribution in [0.3, 0.4) is 0 Å². The highest BCUT2D eigenvalue weighted by atomic mass is 16.6. The summed E-state index contributed by atoms with van der Waals surface area (Å²) in [6, 6.07) is 9.62. The van der Waals surface area contributed by atoms with Crippen molar-refractivity contribution in [3.05, 3.63) is 47.6 Å². The van der Waals surface area contributed by atoms with Crippen molar-refractivity contribution >= 4 is 11.9 Å². The van der Waals surface area contributed by atoms with Crippen molar-refractivity contribution in [1.29, 1.82) is 0 Å². The van der Waals surface area contributed by atoms with Gasteiger partial charge in [0.2, 0.25) is 5.91 Å². The number of hydrogen-bond acceptors (Lipinski definition) is 6. The summed E-state index contributed by atoms with van der Waals surface area (Å²) in [4.78, 5) is 30.8. The second-order valence-electron chi connectivity index (χ2n) is 7.23. The van der Waals surface area contributed by atoms with Gasteiger partial charge in [-0.15, -0.1) is 0 Å². The van der Waals surface area contributed by atoms with E-state index in [1.807, 2.05) is 44.2 Å². The summed E-state index contributed by atoms with van der Waals surface area (Å²) in [6.45, 7) is 6.48. The molecule has 1 fully saturated rings. The lowest BCUT2D eigenvalue weighted by Gasteiger charge is -2.39. The number of rotatable bonds is 5. The SMILES string of the molecule is CC(=O)N1CCC(C(=O)OCc2nc(C(C)C)no2)(c2ccccc2)CC1. The first kappa shape index (κ1) is 19.1. The van der Waals surface area contributed by atoms with Gasteiger partial charge >= 0.3 is 5.97 Å². The quantitative estimate of drug-likeness (QED) is 0.751. The van der Waals surface area contributed by atoms with Crippen LogP contribution in [0.1, 0.15) is 56.8 Å². The Bertz CT molecular complexity index is 793. The van der Waals surface area contributed by atoms with Crippen LogP contribution in [0.15, 0.2) is 34.9 Å². The number of nitrogens with zero attached hydrogens (tertiary/aromatic N) is 3. The maximum Gasteiger partial charge on any atom is 0.317 e. The van der Waals surface area contributed by atoms with E-state index in [-0.39, 0.29) is 30.3 Å². The number of ether oxygens (including phenoxy) is 1. The van der Waals surface area contributed by atoms with Gasteiger partial charge in [-0.3, -0.25) is 9.59 Å². The highest BCUT2D eigenvalue weighted by Crippen LogP contribution is 2.37. The molecule has 7 heteroatoms. The molecular weight excluding hydrogens is 346 g/mol. The molecule has 1 aromatic carbocycles. The van der Waals surface area contributed by atoms with E-state index in [9.17, 15) is 9.59 Å². The number of carbonyl (C=O) groups is 2. The predicted molar refractivity (Wildman–Crippen MR) is 97.8 cm³/mol. The van der Waals surface area contributed by atoms with Crippen molar-refractivity contribution in [2.45, 2.75) is 51.6 Å². The molecule has 1 aliphatic rings. The molecule has 3 rings (SSSR count). The Morgan fingerprint density at radius 2 is 1.89 bits per heavy atom. The third-order valence-corrected chi connectivity index (χ3v) is 5.11. The Kier molecular flexibility index (Phi) is 5.58. The van der Waals surface area contributed by atoms with Crippen molar-refractivity contribution < 1.29 is 18.8 Å². The lowest BCUT2D eigenvalue weighted by atomic mass is 9.72. The maximum absolute atomic E-state index is 13.1. The van der Waals surface area contributed by atoms with Crippen molar-refractivity contribution in [3.8, 4) is 0 Å². The van der Waals surface area contributed by atoms with Crippen molar-refractivity contribution in [3.63, 3.8) is 0 Å². The summed E-state index contributed by atoms with van der Waals surface area (Å²) in [6.07, 6.45) is 1.05. The smallest absolute Gasteiger partial charge is 0.317 e. The van der Waals surface area contributed by atoms with Crippen LogP contribution in [0, 0.1) is 0 Å². The summed E-state index contributed by atoms with van der Waals surface area (Å²) in [5, 5.41) is 3.89. The predicted octanol–water partition coefficient (Wildman–Crippen LogP) is 2.82. The van der Waals surface area contributed by atoms with Gasteiger partial charge in [0.15, 0.2) is 12.4 Å². The minimum atomic E-state index is -0.770. The first-order valence-electron chi connectivity index (χ1n) is 9.23. The van der Waals surface area contributed by atoms with E-state index in [1.165, 1.54) is 0 Å². The van der Waals surface area contributed by atoms with Crippen molar-refractivity contribution in [1.82, 2.24) is 15.0 Å². The number of likely N-dealkylation sites (tertiary alicyclic amines) is 1. The molecule has 0 spiro atoms. The number of carbonyl (C=O) groups excluding carboxylic acids is 2. The van der Waals surface area contributed by atoms with E-state index in [4.69, 9.17) is 9.26 Å². The molecule has 1 amide bonds. The van der Waals surface area contributed by atoms with Crippen LogP contribution < -0.4 is 0 Å². The number of benzene rings is 1. The normalized spacial score (nSPS) is 16.4. The van der Waals surface area contributed by atoms with Gasteiger partial charge in [-0.05, 0) is 18.4 Å². The van der Waals surface area contributed by atoms with Crippen LogP contribution in [0.2, 0.25) is 0 Å². The Balaban J connectivity index is 1.76. The van der Waals surface area contributed by atoms with E-state index in [2.05, 4.69) is 10.1 Å². The molecule has 1 aliphatic heterocycles. The fraction of sp³-hybridized carbons (Fsp3) is 0.500. The number of piperidine rings is 1. The lowest BCUT2D eigenvalue weighted by molar-refractivity contribution is -0.156. The van der Waals surface area contributed by atoms with Gasteiger partial charge in [0, 0.05) is 25.9 Å². The van der Waals surface area contributed by atoms with Gasteiger partial charge in [0.1, 0.15) is 0 Å². The van der Waals surface area contributed by atoms with Crippen LogP contribution in [-0.4, -0.2) is 40.0 Å². The molecule has 0 N–H and O–H groups in total. The van der Waals surface area contributed by atoms with Gasteiger partial charge in [-0.25, -0.2) is 0 Å². The van der Waals surface area contributed by atoms with E-state index < -0.39 is 5.41 Å². The monoisotopic (exact) mass is 371 g/mol. The molecule has 0 radical (unpaired) electrons. The first-order valence-corrected chi connectivity index (χ1v) is 9.23. The van der Waals surface area contributed by atoms with E-state index in [0.717, 1.165) is 5.56 Å². The maximum atomic E-state index is 13.1. The molecule has 0 unspecified atom stereocenters. The van der Waals surface area contributed by atoms with E-state index in [0.29, 0.717) is 31.8 Å². The number of aromatic nitrogens is 2. The zero-order valence-electron chi connectivity index (χ0n) is 16.0. The van der Waals surface area contributed by atoms with Gasteiger partial charge in [-0.1, -0.05) is 49.3 Å². The summed E-state index contributed by atoms with van der Waals surface area (Å²) in [5.41, 5.74) is 0.139. The summed E-state index contributed by atoms with van der Waals surface area (Å²) in [5.74, 6) is 0.730. The summed E-state index contributed by atoms with van der Waals surface area (Å²) < 4.78 is 10.7. The highest BCUT2D eigenvalue weighted by molar-refractivity contribution is 5.84. The molecule has 2 aromatic rings. The first-order chi connectivity index (χ1) is 12.9. The minimum absolute atomic E-state index is 0.0251. The van der Waals surface area contributed by atoms with Crippen LogP contribution in [0.4, 0.5) is 0 Å². The van der Waals surface area contributed by atoms with Crippen LogP contribution in [0.25, 0.3) is 0 Å². The number of amides is 1. The molecule has 0 bridgehead atoms. The highest BCUT2D eigenvalue weighted by Gasteiger charge is 2.44. The zero-order chi connectivity index (χ0) is 19.4.